The Hall–Kier alpha value is -1.51. The third kappa shape index (κ3) is 2.35. The van der Waals surface area contributed by atoms with Gasteiger partial charge in [-0.15, -0.1) is 0 Å². The van der Waals surface area contributed by atoms with Crippen LogP contribution in [-0.4, -0.2) is 12.5 Å². The maximum absolute atomic E-state index is 12.0. The van der Waals surface area contributed by atoms with Gasteiger partial charge in [0, 0.05) is 24.3 Å². The summed E-state index contributed by atoms with van der Waals surface area (Å²) in [5, 5.41) is 0. The van der Waals surface area contributed by atoms with E-state index in [1.807, 2.05) is 11.0 Å². The zero-order valence-corrected chi connectivity index (χ0v) is 11.3. The molecule has 1 saturated heterocycles. The van der Waals surface area contributed by atoms with Gasteiger partial charge in [0.1, 0.15) is 0 Å². The molecule has 1 aromatic carbocycles. The summed E-state index contributed by atoms with van der Waals surface area (Å²) in [7, 11) is 0. The number of amides is 1. The third-order valence-electron chi connectivity index (χ3n) is 3.72. The van der Waals surface area contributed by atoms with Crippen molar-refractivity contribution in [2.75, 3.05) is 17.2 Å². The van der Waals surface area contributed by atoms with Crippen molar-refractivity contribution in [3.05, 3.63) is 23.3 Å². The molecule has 3 nitrogen and oxygen atoms in total. The standard InChI is InChI=1S/C15H22N2O/c1-3-11-9-12(4-2)14(10-13(11)16)17-8-6-5-7-15(17)18/h9-10H,3-8,16H2,1-2H3. The third-order valence-corrected chi connectivity index (χ3v) is 3.72. The molecule has 0 radical (unpaired) electrons. The molecular weight excluding hydrogens is 224 g/mol. The molecule has 0 bridgehead atoms. The lowest BCUT2D eigenvalue weighted by Gasteiger charge is -2.29. The number of nitrogen functional groups attached to an aromatic ring is 1. The topological polar surface area (TPSA) is 46.3 Å². The Morgan fingerprint density at radius 2 is 1.89 bits per heavy atom. The zero-order chi connectivity index (χ0) is 13.1. The quantitative estimate of drug-likeness (QED) is 0.833. The van der Waals surface area contributed by atoms with Gasteiger partial charge in [0.15, 0.2) is 0 Å². The first-order chi connectivity index (χ1) is 8.67. The van der Waals surface area contributed by atoms with Crippen LogP contribution in [0.5, 0.6) is 0 Å². The fourth-order valence-corrected chi connectivity index (χ4v) is 2.60. The fourth-order valence-electron chi connectivity index (χ4n) is 2.60. The molecule has 1 aliphatic heterocycles. The van der Waals surface area contributed by atoms with Crippen molar-refractivity contribution in [3.63, 3.8) is 0 Å². The molecule has 1 aliphatic rings. The molecular formula is C15H22N2O. The van der Waals surface area contributed by atoms with Gasteiger partial charge in [-0.2, -0.15) is 0 Å². The number of aryl methyl sites for hydroxylation is 2. The van der Waals surface area contributed by atoms with Gasteiger partial charge in [-0.3, -0.25) is 4.79 Å². The molecule has 0 atom stereocenters. The van der Waals surface area contributed by atoms with E-state index in [1.54, 1.807) is 0 Å². The van der Waals surface area contributed by atoms with Gasteiger partial charge in [0.05, 0.1) is 0 Å². The van der Waals surface area contributed by atoms with Gasteiger partial charge in [-0.25, -0.2) is 0 Å². The molecule has 3 heteroatoms. The summed E-state index contributed by atoms with van der Waals surface area (Å²) in [5.41, 5.74) is 10.3. The zero-order valence-electron chi connectivity index (χ0n) is 11.3. The van der Waals surface area contributed by atoms with E-state index in [0.717, 1.165) is 43.6 Å². The second-order valence-electron chi connectivity index (χ2n) is 4.89. The van der Waals surface area contributed by atoms with Crippen LogP contribution in [0.1, 0.15) is 44.2 Å². The van der Waals surface area contributed by atoms with Crippen LogP contribution in [0.3, 0.4) is 0 Å². The predicted molar refractivity (Wildman–Crippen MR) is 75.8 cm³/mol. The Kier molecular flexibility index (Phi) is 3.90. The van der Waals surface area contributed by atoms with Crippen molar-refractivity contribution in [1.29, 1.82) is 0 Å². The van der Waals surface area contributed by atoms with E-state index in [1.165, 1.54) is 11.1 Å². The first-order valence-electron chi connectivity index (χ1n) is 6.89. The molecule has 1 fully saturated rings. The number of nitrogens with two attached hydrogens (primary N) is 1. The van der Waals surface area contributed by atoms with E-state index < -0.39 is 0 Å². The fraction of sp³-hybridized carbons (Fsp3) is 0.533. The van der Waals surface area contributed by atoms with Gasteiger partial charge >= 0.3 is 0 Å². The van der Waals surface area contributed by atoms with Crippen molar-refractivity contribution in [1.82, 2.24) is 0 Å². The van der Waals surface area contributed by atoms with E-state index >= 15 is 0 Å². The highest BCUT2D eigenvalue weighted by molar-refractivity contribution is 5.95. The number of anilines is 2. The van der Waals surface area contributed by atoms with Crippen LogP contribution < -0.4 is 10.6 Å². The van der Waals surface area contributed by atoms with Gasteiger partial charge in [-0.1, -0.05) is 19.9 Å². The van der Waals surface area contributed by atoms with Crippen LogP contribution in [0, 0.1) is 0 Å². The highest BCUT2D eigenvalue weighted by Crippen LogP contribution is 2.30. The SMILES string of the molecule is CCc1cc(CC)c(N2CCCCC2=O)cc1N. The number of benzene rings is 1. The summed E-state index contributed by atoms with van der Waals surface area (Å²) < 4.78 is 0. The van der Waals surface area contributed by atoms with Crippen LogP contribution in [0.15, 0.2) is 12.1 Å². The summed E-state index contributed by atoms with van der Waals surface area (Å²) in [4.78, 5) is 13.9. The molecule has 1 heterocycles. The summed E-state index contributed by atoms with van der Waals surface area (Å²) in [6.45, 7) is 5.07. The van der Waals surface area contributed by atoms with Crippen LogP contribution >= 0.6 is 0 Å². The number of nitrogens with zero attached hydrogens (tertiary/aromatic N) is 1. The van der Waals surface area contributed by atoms with Crippen LogP contribution in [0.4, 0.5) is 11.4 Å². The number of piperidine rings is 1. The van der Waals surface area contributed by atoms with Crippen LogP contribution in [0.25, 0.3) is 0 Å². The number of hydrogen-bond acceptors (Lipinski definition) is 2. The molecule has 18 heavy (non-hydrogen) atoms. The lowest BCUT2D eigenvalue weighted by molar-refractivity contribution is -0.119. The first-order valence-corrected chi connectivity index (χ1v) is 6.89. The van der Waals surface area contributed by atoms with Crippen molar-refractivity contribution in [2.45, 2.75) is 46.0 Å². The molecule has 0 aromatic heterocycles. The molecule has 0 unspecified atom stereocenters. The summed E-state index contributed by atoms with van der Waals surface area (Å²) >= 11 is 0. The Morgan fingerprint density at radius 1 is 1.17 bits per heavy atom. The predicted octanol–water partition coefficient (Wildman–Crippen LogP) is 2.91. The molecule has 0 aliphatic carbocycles. The van der Waals surface area contributed by atoms with Gasteiger partial charge in [0.25, 0.3) is 0 Å². The summed E-state index contributed by atoms with van der Waals surface area (Å²) in [6, 6.07) is 4.15. The lowest BCUT2D eigenvalue weighted by Crippen LogP contribution is -2.36. The van der Waals surface area contributed by atoms with E-state index in [4.69, 9.17) is 5.73 Å². The average Bonchev–Trinajstić information content (AvgIpc) is 2.39. The van der Waals surface area contributed by atoms with Gasteiger partial charge in [-0.05, 0) is 42.9 Å². The monoisotopic (exact) mass is 246 g/mol. The van der Waals surface area contributed by atoms with Crippen LogP contribution in [0.2, 0.25) is 0 Å². The Morgan fingerprint density at radius 3 is 2.50 bits per heavy atom. The van der Waals surface area contributed by atoms with Crippen molar-refractivity contribution < 1.29 is 4.79 Å². The van der Waals surface area contributed by atoms with Gasteiger partial charge in [0.2, 0.25) is 5.91 Å². The highest BCUT2D eigenvalue weighted by Gasteiger charge is 2.22. The number of carbonyl (C=O) groups is 1. The number of rotatable bonds is 3. The minimum absolute atomic E-state index is 0.236. The molecule has 0 saturated carbocycles. The van der Waals surface area contributed by atoms with E-state index in [2.05, 4.69) is 19.9 Å². The lowest BCUT2D eigenvalue weighted by atomic mass is 10.00. The molecule has 2 rings (SSSR count). The van der Waals surface area contributed by atoms with Crippen molar-refractivity contribution >= 4 is 17.3 Å². The van der Waals surface area contributed by atoms with Crippen LogP contribution in [-0.2, 0) is 17.6 Å². The summed E-state index contributed by atoms with van der Waals surface area (Å²) in [6.07, 6.45) is 4.64. The van der Waals surface area contributed by atoms with E-state index in [0.29, 0.717) is 6.42 Å². The largest absolute Gasteiger partial charge is 0.398 e. The van der Waals surface area contributed by atoms with Crippen molar-refractivity contribution in [3.8, 4) is 0 Å². The van der Waals surface area contributed by atoms with E-state index in [-0.39, 0.29) is 5.91 Å². The smallest absolute Gasteiger partial charge is 0.226 e. The maximum Gasteiger partial charge on any atom is 0.226 e. The maximum atomic E-state index is 12.0. The minimum atomic E-state index is 0.236. The summed E-state index contributed by atoms with van der Waals surface area (Å²) in [5.74, 6) is 0.236. The van der Waals surface area contributed by atoms with E-state index in [9.17, 15) is 4.79 Å². The molecule has 0 spiro atoms. The second kappa shape index (κ2) is 5.42. The molecule has 1 aromatic rings. The Bertz CT molecular complexity index is 454. The highest BCUT2D eigenvalue weighted by atomic mass is 16.2. The Labute approximate surface area is 109 Å². The molecule has 1 amide bonds. The number of carbonyl (C=O) groups excluding carboxylic acids is 1. The normalized spacial score (nSPS) is 16.1. The minimum Gasteiger partial charge on any atom is -0.398 e. The second-order valence-corrected chi connectivity index (χ2v) is 4.89. The first kappa shape index (κ1) is 12.9. The molecule has 98 valence electrons. The Balaban J connectivity index is 2.42. The number of hydrogen-bond donors (Lipinski definition) is 1. The average molecular weight is 246 g/mol. The molecule has 2 N–H and O–H groups in total. The van der Waals surface area contributed by atoms with Crippen molar-refractivity contribution in [2.24, 2.45) is 0 Å². The van der Waals surface area contributed by atoms with Gasteiger partial charge < -0.3 is 10.6 Å².